The SMILES string of the molecule is CCC(C)c1ccc(/C(C/C=C\c2ccccc2)=N/C(=N)N)cc1. The van der Waals surface area contributed by atoms with Crippen molar-refractivity contribution in [3.05, 3.63) is 77.4 Å². The van der Waals surface area contributed by atoms with Crippen LogP contribution in [0.15, 0.2) is 65.7 Å². The Labute approximate surface area is 144 Å². The van der Waals surface area contributed by atoms with Crippen molar-refractivity contribution in [2.75, 3.05) is 0 Å². The Morgan fingerprint density at radius 2 is 1.79 bits per heavy atom. The van der Waals surface area contributed by atoms with Crippen LogP contribution in [0.5, 0.6) is 0 Å². The van der Waals surface area contributed by atoms with Gasteiger partial charge >= 0.3 is 0 Å². The van der Waals surface area contributed by atoms with Gasteiger partial charge in [-0.15, -0.1) is 0 Å². The molecule has 0 aromatic heterocycles. The zero-order valence-electron chi connectivity index (χ0n) is 14.4. The highest BCUT2D eigenvalue weighted by atomic mass is 15.0. The predicted molar refractivity (Wildman–Crippen MR) is 104 cm³/mol. The first kappa shape index (κ1) is 17.7. The van der Waals surface area contributed by atoms with Gasteiger partial charge in [-0.25, -0.2) is 4.99 Å². The lowest BCUT2D eigenvalue weighted by atomic mass is 9.96. The van der Waals surface area contributed by atoms with Crippen molar-refractivity contribution in [1.29, 1.82) is 5.41 Å². The summed E-state index contributed by atoms with van der Waals surface area (Å²) < 4.78 is 0. The van der Waals surface area contributed by atoms with Crippen LogP contribution in [0.2, 0.25) is 0 Å². The fourth-order valence-corrected chi connectivity index (χ4v) is 2.48. The van der Waals surface area contributed by atoms with Gasteiger partial charge in [0.2, 0.25) is 5.96 Å². The molecule has 0 saturated heterocycles. The lowest BCUT2D eigenvalue weighted by Crippen LogP contribution is -2.11. The van der Waals surface area contributed by atoms with E-state index in [1.807, 2.05) is 18.2 Å². The maximum absolute atomic E-state index is 7.48. The summed E-state index contributed by atoms with van der Waals surface area (Å²) >= 11 is 0. The number of allylic oxidation sites excluding steroid dienone is 1. The van der Waals surface area contributed by atoms with Crippen molar-refractivity contribution in [3.8, 4) is 0 Å². The van der Waals surface area contributed by atoms with Gasteiger partial charge in [0.15, 0.2) is 0 Å². The number of nitrogens with one attached hydrogen (secondary N) is 1. The second-order valence-corrected chi connectivity index (χ2v) is 5.89. The van der Waals surface area contributed by atoms with Crippen LogP contribution in [0.1, 0.15) is 49.3 Å². The van der Waals surface area contributed by atoms with E-state index in [2.05, 4.69) is 67.4 Å². The van der Waals surface area contributed by atoms with E-state index in [1.54, 1.807) is 0 Å². The zero-order valence-corrected chi connectivity index (χ0v) is 14.4. The summed E-state index contributed by atoms with van der Waals surface area (Å²) in [5.74, 6) is 0.384. The van der Waals surface area contributed by atoms with E-state index in [-0.39, 0.29) is 5.96 Å². The first-order valence-electron chi connectivity index (χ1n) is 8.33. The van der Waals surface area contributed by atoms with E-state index in [0.29, 0.717) is 12.3 Å². The molecular formula is C21H25N3. The minimum absolute atomic E-state index is 0.163. The molecular weight excluding hydrogens is 294 g/mol. The van der Waals surface area contributed by atoms with Crippen LogP contribution in [0.3, 0.4) is 0 Å². The Kier molecular flexibility index (Phi) is 6.50. The lowest BCUT2D eigenvalue weighted by molar-refractivity contribution is 0.733. The van der Waals surface area contributed by atoms with E-state index in [9.17, 15) is 0 Å². The number of aliphatic imine (C=N–C) groups is 1. The Morgan fingerprint density at radius 1 is 1.12 bits per heavy atom. The highest BCUT2D eigenvalue weighted by Crippen LogP contribution is 2.19. The highest BCUT2D eigenvalue weighted by Gasteiger charge is 2.06. The number of benzene rings is 2. The maximum atomic E-state index is 7.48. The first-order valence-corrected chi connectivity index (χ1v) is 8.33. The summed E-state index contributed by atoms with van der Waals surface area (Å²) in [5, 5.41) is 7.48. The Balaban J connectivity index is 2.17. The molecule has 0 radical (unpaired) electrons. The van der Waals surface area contributed by atoms with E-state index < -0.39 is 0 Å². The van der Waals surface area contributed by atoms with Crippen LogP contribution >= 0.6 is 0 Å². The van der Waals surface area contributed by atoms with Crippen LogP contribution in [0.4, 0.5) is 0 Å². The molecule has 0 aliphatic heterocycles. The number of rotatable bonds is 6. The van der Waals surface area contributed by atoms with Gasteiger partial charge in [-0.1, -0.05) is 80.6 Å². The van der Waals surface area contributed by atoms with Crippen molar-refractivity contribution in [2.45, 2.75) is 32.6 Å². The molecule has 1 atom stereocenters. The number of hydrogen-bond donors (Lipinski definition) is 2. The Hall–Kier alpha value is -2.68. The first-order chi connectivity index (χ1) is 11.6. The molecule has 2 aromatic rings. The van der Waals surface area contributed by atoms with Gasteiger partial charge in [0.05, 0.1) is 5.71 Å². The molecule has 0 aliphatic rings. The standard InChI is InChI=1S/C21H25N3/c1-3-16(2)18-12-14-19(15-13-18)20(24-21(22)23)11-7-10-17-8-5-4-6-9-17/h4-10,12-16H,3,11H2,1-2H3,(H3,22,23)/b10-7-,24-20+. The zero-order chi connectivity index (χ0) is 17.4. The molecule has 124 valence electrons. The molecule has 3 N–H and O–H groups in total. The van der Waals surface area contributed by atoms with Crippen molar-refractivity contribution < 1.29 is 0 Å². The molecule has 2 rings (SSSR count). The lowest BCUT2D eigenvalue weighted by Gasteiger charge is -2.10. The molecule has 0 amide bonds. The van der Waals surface area contributed by atoms with Crippen LogP contribution in [0.25, 0.3) is 6.08 Å². The molecule has 0 fully saturated rings. The smallest absolute Gasteiger partial charge is 0.212 e. The van der Waals surface area contributed by atoms with Crippen molar-refractivity contribution >= 4 is 17.7 Å². The summed E-state index contributed by atoms with van der Waals surface area (Å²) in [7, 11) is 0. The summed E-state index contributed by atoms with van der Waals surface area (Å²) in [4.78, 5) is 4.20. The number of guanidine groups is 1. The third kappa shape index (κ3) is 5.20. The molecule has 0 spiro atoms. The van der Waals surface area contributed by atoms with E-state index >= 15 is 0 Å². The van der Waals surface area contributed by atoms with Gasteiger partial charge in [0.1, 0.15) is 0 Å². The van der Waals surface area contributed by atoms with Gasteiger partial charge in [-0.3, -0.25) is 5.41 Å². The van der Waals surface area contributed by atoms with E-state index in [1.165, 1.54) is 5.56 Å². The van der Waals surface area contributed by atoms with Crippen molar-refractivity contribution in [1.82, 2.24) is 0 Å². The summed E-state index contributed by atoms with van der Waals surface area (Å²) in [6.45, 7) is 4.41. The fourth-order valence-electron chi connectivity index (χ4n) is 2.48. The van der Waals surface area contributed by atoms with Crippen molar-refractivity contribution in [3.63, 3.8) is 0 Å². The van der Waals surface area contributed by atoms with Gasteiger partial charge in [0, 0.05) is 6.42 Å². The third-order valence-electron chi connectivity index (χ3n) is 4.10. The van der Waals surface area contributed by atoms with Crippen LogP contribution in [0, 0.1) is 5.41 Å². The molecule has 0 aliphatic carbocycles. The average Bonchev–Trinajstić information content (AvgIpc) is 2.61. The largest absolute Gasteiger partial charge is 0.368 e. The quantitative estimate of drug-likeness (QED) is 0.572. The maximum Gasteiger partial charge on any atom is 0.212 e. The monoisotopic (exact) mass is 319 g/mol. The summed E-state index contributed by atoms with van der Waals surface area (Å²) in [5.41, 5.74) is 9.77. The number of nitrogens with two attached hydrogens (primary N) is 1. The summed E-state index contributed by atoms with van der Waals surface area (Å²) in [6, 6.07) is 18.5. The van der Waals surface area contributed by atoms with Gasteiger partial charge < -0.3 is 5.73 Å². The highest BCUT2D eigenvalue weighted by molar-refractivity contribution is 6.07. The molecule has 3 heteroatoms. The normalized spacial score (nSPS) is 13.2. The topological polar surface area (TPSA) is 62.2 Å². The Bertz CT molecular complexity index is 713. The Morgan fingerprint density at radius 3 is 2.38 bits per heavy atom. The van der Waals surface area contributed by atoms with Gasteiger partial charge in [-0.05, 0) is 29.0 Å². The minimum Gasteiger partial charge on any atom is -0.368 e. The molecule has 2 aromatic carbocycles. The van der Waals surface area contributed by atoms with Crippen molar-refractivity contribution in [2.24, 2.45) is 10.7 Å². The number of hydrogen-bond acceptors (Lipinski definition) is 1. The van der Waals surface area contributed by atoms with Gasteiger partial charge in [-0.2, -0.15) is 0 Å². The second kappa shape index (κ2) is 8.82. The molecule has 1 unspecified atom stereocenters. The third-order valence-corrected chi connectivity index (χ3v) is 4.10. The molecule has 0 saturated carbocycles. The van der Waals surface area contributed by atoms with E-state index in [0.717, 1.165) is 23.3 Å². The fraction of sp³-hybridized carbons (Fsp3) is 0.238. The van der Waals surface area contributed by atoms with Crippen LogP contribution < -0.4 is 5.73 Å². The molecule has 24 heavy (non-hydrogen) atoms. The van der Waals surface area contributed by atoms with Crippen LogP contribution in [-0.2, 0) is 0 Å². The number of nitrogens with zero attached hydrogens (tertiary/aromatic N) is 1. The molecule has 0 heterocycles. The average molecular weight is 319 g/mol. The predicted octanol–water partition coefficient (Wildman–Crippen LogP) is 4.99. The summed E-state index contributed by atoms with van der Waals surface area (Å²) in [6.07, 6.45) is 5.87. The molecule has 3 nitrogen and oxygen atoms in total. The van der Waals surface area contributed by atoms with Crippen LogP contribution in [-0.4, -0.2) is 11.7 Å². The van der Waals surface area contributed by atoms with E-state index in [4.69, 9.17) is 11.1 Å². The molecule has 0 bridgehead atoms. The van der Waals surface area contributed by atoms with Gasteiger partial charge in [0.25, 0.3) is 0 Å². The minimum atomic E-state index is -0.163. The second-order valence-electron chi connectivity index (χ2n) is 5.89.